The number of nitrogens with two attached hydrogens (primary N) is 1. The quantitative estimate of drug-likeness (QED) is 0.632. The molecule has 0 saturated carbocycles. The molecular weight excluding hydrogens is 232 g/mol. The van der Waals surface area contributed by atoms with Crippen molar-refractivity contribution in [1.82, 2.24) is 5.43 Å². The van der Waals surface area contributed by atoms with E-state index in [-0.39, 0.29) is 6.04 Å². The second kappa shape index (κ2) is 5.82. The number of nitrogens with one attached hydrogen (secondary N) is 1. The van der Waals surface area contributed by atoms with E-state index in [4.69, 9.17) is 10.6 Å². The van der Waals surface area contributed by atoms with Crippen molar-refractivity contribution in [3.05, 3.63) is 52.2 Å². The summed E-state index contributed by atoms with van der Waals surface area (Å²) >= 11 is 1.69. The third kappa shape index (κ3) is 2.85. The zero-order valence-corrected chi connectivity index (χ0v) is 10.5. The SMILES string of the molecule is CCOc1ccc(C(NN)c2cccs2)cc1. The molecule has 1 heterocycles. The van der Waals surface area contributed by atoms with E-state index in [1.54, 1.807) is 11.3 Å². The zero-order valence-electron chi connectivity index (χ0n) is 9.72. The van der Waals surface area contributed by atoms with Gasteiger partial charge in [0.1, 0.15) is 5.75 Å². The average molecular weight is 248 g/mol. The summed E-state index contributed by atoms with van der Waals surface area (Å²) in [7, 11) is 0. The summed E-state index contributed by atoms with van der Waals surface area (Å²) in [6.45, 7) is 2.66. The van der Waals surface area contributed by atoms with Gasteiger partial charge in [-0.2, -0.15) is 0 Å². The maximum Gasteiger partial charge on any atom is 0.119 e. The lowest BCUT2D eigenvalue weighted by Crippen LogP contribution is -2.28. The van der Waals surface area contributed by atoms with Crippen LogP contribution < -0.4 is 16.0 Å². The number of hydrogen-bond donors (Lipinski definition) is 2. The summed E-state index contributed by atoms with van der Waals surface area (Å²) in [5, 5.41) is 2.05. The first-order valence-corrected chi connectivity index (χ1v) is 6.45. The highest BCUT2D eigenvalue weighted by atomic mass is 32.1. The highest BCUT2D eigenvalue weighted by Gasteiger charge is 2.12. The maximum absolute atomic E-state index is 5.62. The minimum absolute atomic E-state index is 0.0469. The van der Waals surface area contributed by atoms with Crippen molar-refractivity contribution in [2.24, 2.45) is 5.84 Å². The molecule has 1 aromatic carbocycles. The smallest absolute Gasteiger partial charge is 0.119 e. The Morgan fingerprint density at radius 1 is 1.29 bits per heavy atom. The second-order valence-corrected chi connectivity index (χ2v) is 4.60. The van der Waals surface area contributed by atoms with Crippen LogP contribution in [0.1, 0.15) is 23.4 Å². The molecule has 1 aromatic heterocycles. The van der Waals surface area contributed by atoms with Gasteiger partial charge in [-0.3, -0.25) is 5.84 Å². The highest BCUT2D eigenvalue weighted by Crippen LogP contribution is 2.26. The Morgan fingerprint density at radius 2 is 2.06 bits per heavy atom. The van der Waals surface area contributed by atoms with Crippen LogP contribution in [-0.2, 0) is 0 Å². The average Bonchev–Trinajstić information content (AvgIpc) is 2.86. The number of ether oxygens (including phenoxy) is 1. The first-order chi connectivity index (χ1) is 8.35. The van der Waals surface area contributed by atoms with Crippen molar-refractivity contribution in [2.75, 3.05) is 6.61 Å². The van der Waals surface area contributed by atoms with Gasteiger partial charge in [-0.15, -0.1) is 11.3 Å². The molecule has 0 fully saturated rings. The highest BCUT2D eigenvalue weighted by molar-refractivity contribution is 7.10. The third-order valence-corrected chi connectivity index (χ3v) is 3.46. The van der Waals surface area contributed by atoms with Crippen molar-refractivity contribution < 1.29 is 4.74 Å². The molecule has 90 valence electrons. The van der Waals surface area contributed by atoms with E-state index < -0.39 is 0 Å². The topological polar surface area (TPSA) is 47.3 Å². The van der Waals surface area contributed by atoms with Crippen LogP contribution in [0.5, 0.6) is 5.75 Å². The lowest BCUT2D eigenvalue weighted by Gasteiger charge is -2.15. The lowest BCUT2D eigenvalue weighted by atomic mass is 10.1. The van der Waals surface area contributed by atoms with Crippen LogP contribution in [-0.4, -0.2) is 6.61 Å². The van der Waals surface area contributed by atoms with Gasteiger partial charge in [-0.1, -0.05) is 18.2 Å². The molecule has 3 nitrogen and oxygen atoms in total. The fourth-order valence-corrected chi connectivity index (χ4v) is 2.53. The van der Waals surface area contributed by atoms with Gasteiger partial charge in [0, 0.05) is 4.88 Å². The Bertz CT molecular complexity index is 439. The van der Waals surface area contributed by atoms with Crippen molar-refractivity contribution >= 4 is 11.3 Å². The Hall–Kier alpha value is -1.36. The minimum Gasteiger partial charge on any atom is -0.494 e. The summed E-state index contributed by atoms with van der Waals surface area (Å²) in [4.78, 5) is 1.21. The summed E-state index contributed by atoms with van der Waals surface area (Å²) in [6, 6.07) is 12.2. The van der Waals surface area contributed by atoms with Gasteiger partial charge >= 0.3 is 0 Å². The van der Waals surface area contributed by atoms with Gasteiger partial charge < -0.3 is 4.74 Å². The van der Waals surface area contributed by atoms with Gasteiger partial charge in [0.15, 0.2) is 0 Å². The van der Waals surface area contributed by atoms with Crippen LogP contribution in [0.2, 0.25) is 0 Å². The second-order valence-electron chi connectivity index (χ2n) is 3.62. The van der Waals surface area contributed by atoms with Crippen LogP contribution >= 0.6 is 11.3 Å². The molecule has 3 N–H and O–H groups in total. The van der Waals surface area contributed by atoms with E-state index in [1.807, 2.05) is 42.6 Å². The first-order valence-electron chi connectivity index (χ1n) is 5.57. The van der Waals surface area contributed by atoms with Crippen molar-refractivity contribution in [3.8, 4) is 5.75 Å². The molecule has 4 heteroatoms. The summed E-state index contributed by atoms with van der Waals surface area (Å²) in [5.74, 6) is 6.51. The molecule has 1 atom stereocenters. The first kappa shape index (κ1) is 12.1. The van der Waals surface area contributed by atoms with E-state index in [0.29, 0.717) is 6.61 Å². The van der Waals surface area contributed by atoms with E-state index in [1.165, 1.54) is 4.88 Å². The summed E-state index contributed by atoms with van der Waals surface area (Å²) in [5.41, 5.74) is 3.98. The fourth-order valence-electron chi connectivity index (χ4n) is 1.72. The molecule has 0 aliphatic heterocycles. The zero-order chi connectivity index (χ0) is 12.1. The standard InChI is InChI=1S/C13H16N2OS/c1-2-16-11-7-5-10(6-8-11)13(15-14)12-4-3-9-17-12/h3-9,13,15H,2,14H2,1H3. The lowest BCUT2D eigenvalue weighted by molar-refractivity contribution is 0.340. The van der Waals surface area contributed by atoms with Crippen molar-refractivity contribution in [2.45, 2.75) is 13.0 Å². The molecule has 0 amide bonds. The number of hydrogen-bond acceptors (Lipinski definition) is 4. The molecule has 0 bridgehead atoms. The molecular formula is C13H16N2OS. The normalized spacial score (nSPS) is 12.4. The van der Waals surface area contributed by atoms with Crippen molar-refractivity contribution in [3.63, 3.8) is 0 Å². The molecule has 0 aliphatic carbocycles. The van der Waals surface area contributed by atoms with E-state index in [9.17, 15) is 0 Å². The Labute approximate surface area is 105 Å². The monoisotopic (exact) mass is 248 g/mol. The number of benzene rings is 1. The number of hydrazine groups is 1. The van der Waals surface area contributed by atoms with Gasteiger partial charge in [0.25, 0.3) is 0 Å². The molecule has 0 radical (unpaired) electrons. The summed E-state index contributed by atoms with van der Waals surface area (Å²) < 4.78 is 5.42. The van der Waals surface area contributed by atoms with Crippen LogP contribution in [0.3, 0.4) is 0 Å². The Morgan fingerprint density at radius 3 is 2.59 bits per heavy atom. The van der Waals surface area contributed by atoms with Gasteiger partial charge in [-0.05, 0) is 36.1 Å². The van der Waals surface area contributed by atoms with Gasteiger partial charge in [0.05, 0.1) is 12.6 Å². The third-order valence-electron chi connectivity index (χ3n) is 2.52. The van der Waals surface area contributed by atoms with E-state index in [0.717, 1.165) is 11.3 Å². The Kier molecular flexibility index (Phi) is 4.14. The van der Waals surface area contributed by atoms with Crippen LogP contribution in [0.25, 0.3) is 0 Å². The molecule has 0 saturated heterocycles. The number of rotatable bonds is 5. The van der Waals surface area contributed by atoms with Crippen LogP contribution in [0.4, 0.5) is 0 Å². The van der Waals surface area contributed by atoms with Gasteiger partial charge in [0.2, 0.25) is 0 Å². The van der Waals surface area contributed by atoms with E-state index >= 15 is 0 Å². The largest absolute Gasteiger partial charge is 0.494 e. The Balaban J connectivity index is 2.20. The predicted octanol–water partition coefficient (Wildman–Crippen LogP) is 2.70. The molecule has 0 aliphatic rings. The predicted molar refractivity (Wildman–Crippen MR) is 71.1 cm³/mol. The molecule has 2 aromatic rings. The summed E-state index contributed by atoms with van der Waals surface area (Å²) in [6.07, 6.45) is 0. The molecule has 0 spiro atoms. The van der Waals surface area contributed by atoms with Crippen molar-refractivity contribution in [1.29, 1.82) is 0 Å². The van der Waals surface area contributed by atoms with E-state index in [2.05, 4.69) is 11.5 Å². The molecule has 1 unspecified atom stereocenters. The van der Waals surface area contributed by atoms with Crippen LogP contribution in [0, 0.1) is 0 Å². The molecule has 2 rings (SSSR count). The number of thiophene rings is 1. The minimum atomic E-state index is 0.0469. The van der Waals surface area contributed by atoms with Crippen LogP contribution in [0.15, 0.2) is 41.8 Å². The molecule has 17 heavy (non-hydrogen) atoms. The maximum atomic E-state index is 5.62. The van der Waals surface area contributed by atoms with Gasteiger partial charge in [-0.25, -0.2) is 5.43 Å². The fraction of sp³-hybridized carbons (Fsp3) is 0.231.